The second kappa shape index (κ2) is 6.99. The smallest absolute Gasteiger partial charge is 0.416 e. The van der Waals surface area contributed by atoms with Gasteiger partial charge in [-0.25, -0.2) is 5.43 Å². The maximum atomic E-state index is 12.6. The van der Waals surface area contributed by atoms with E-state index in [1.807, 2.05) is 0 Å². The van der Waals surface area contributed by atoms with Gasteiger partial charge in [-0.3, -0.25) is 4.79 Å². The first-order valence-electron chi connectivity index (χ1n) is 6.64. The quantitative estimate of drug-likeness (QED) is 0.655. The van der Waals surface area contributed by atoms with Crippen molar-refractivity contribution in [1.29, 1.82) is 0 Å². The number of hydrazone groups is 1. The first-order valence-corrected chi connectivity index (χ1v) is 6.64. The Hall–Kier alpha value is -2.77. The third-order valence-electron chi connectivity index (χ3n) is 2.79. The second-order valence-electron chi connectivity index (χ2n) is 4.67. The molecule has 0 spiro atoms. The van der Waals surface area contributed by atoms with Crippen LogP contribution in [0, 0.1) is 6.92 Å². The molecule has 1 aromatic carbocycles. The lowest BCUT2D eigenvalue weighted by Gasteiger charge is -2.09. The summed E-state index contributed by atoms with van der Waals surface area (Å²) in [7, 11) is 0. The minimum atomic E-state index is -4.43. The monoisotopic (exact) mass is 325 g/mol. The summed E-state index contributed by atoms with van der Waals surface area (Å²) in [6.45, 7) is 1.56. The van der Waals surface area contributed by atoms with Gasteiger partial charge < -0.3 is 9.73 Å². The fraction of sp³-hybridized carbons (Fsp3) is 0.200. The lowest BCUT2D eigenvalue weighted by Crippen LogP contribution is -2.26. The second-order valence-corrected chi connectivity index (χ2v) is 4.67. The number of alkyl halides is 3. The molecule has 0 aliphatic heterocycles. The Balaban J connectivity index is 1.83. The normalized spacial score (nSPS) is 11.7. The molecule has 0 aliphatic rings. The molecule has 0 atom stereocenters. The number of nitrogens with zero attached hydrogens (tertiary/aromatic N) is 1. The highest BCUT2D eigenvalue weighted by Crippen LogP contribution is 2.30. The minimum Gasteiger partial charge on any atom is -0.460 e. The van der Waals surface area contributed by atoms with E-state index in [1.165, 1.54) is 18.3 Å². The highest BCUT2D eigenvalue weighted by molar-refractivity contribution is 5.83. The average Bonchev–Trinajstić information content (AvgIpc) is 2.90. The van der Waals surface area contributed by atoms with E-state index >= 15 is 0 Å². The van der Waals surface area contributed by atoms with E-state index in [0.29, 0.717) is 11.5 Å². The molecule has 2 aromatic rings. The molecule has 1 aromatic heterocycles. The number of hydrogen-bond acceptors (Lipinski definition) is 4. The van der Waals surface area contributed by atoms with Crippen molar-refractivity contribution in [3.05, 3.63) is 53.5 Å². The van der Waals surface area contributed by atoms with Gasteiger partial charge in [0.05, 0.1) is 18.3 Å². The molecular formula is C15H14F3N3O2. The topological polar surface area (TPSA) is 66.6 Å². The van der Waals surface area contributed by atoms with Crippen molar-refractivity contribution in [2.75, 3.05) is 11.9 Å². The van der Waals surface area contributed by atoms with Crippen LogP contribution in [-0.4, -0.2) is 18.7 Å². The number of rotatable bonds is 5. The minimum absolute atomic E-state index is 0.195. The van der Waals surface area contributed by atoms with E-state index in [4.69, 9.17) is 4.42 Å². The molecule has 0 unspecified atom stereocenters. The predicted octanol–water partition coefficient (Wildman–Crippen LogP) is 3.17. The van der Waals surface area contributed by atoms with Crippen LogP contribution in [0.1, 0.15) is 17.1 Å². The number of carbonyl (C=O) groups excluding carboxylic acids is 1. The summed E-state index contributed by atoms with van der Waals surface area (Å²) in [5, 5.41) is 6.29. The number of amides is 1. The molecular weight excluding hydrogens is 311 g/mol. The molecule has 0 bridgehead atoms. The van der Waals surface area contributed by atoms with Crippen LogP contribution in [0.2, 0.25) is 0 Å². The van der Waals surface area contributed by atoms with E-state index in [1.54, 1.807) is 19.1 Å². The number of aryl methyl sites for hydroxylation is 1. The first-order chi connectivity index (χ1) is 10.8. The molecule has 8 heteroatoms. The van der Waals surface area contributed by atoms with E-state index in [9.17, 15) is 18.0 Å². The van der Waals surface area contributed by atoms with Crippen molar-refractivity contribution >= 4 is 17.8 Å². The fourth-order valence-corrected chi connectivity index (χ4v) is 1.72. The number of furan rings is 1. The standard InChI is InChI=1S/C15H14F3N3O2/c1-10-5-6-13(23-10)8-20-21-14(22)9-19-12-4-2-3-11(7-12)15(16,17)18/h2-8,19H,9H2,1H3,(H,21,22). The van der Waals surface area contributed by atoms with Gasteiger partial charge in [-0.1, -0.05) is 6.07 Å². The fourth-order valence-electron chi connectivity index (χ4n) is 1.72. The first kappa shape index (κ1) is 16.6. The molecule has 1 amide bonds. The zero-order chi connectivity index (χ0) is 16.9. The SMILES string of the molecule is Cc1ccc(C=NNC(=O)CNc2cccc(C(F)(F)F)c2)o1. The molecule has 1 heterocycles. The Morgan fingerprint density at radius 1 is 1.30 bits per heavy atom. The lowest BCUT2D eigenvalue weighted by molar-refractivity contribution is -0.137. The molecule has 0 radical (unpaired) electrons. The van der Waals surface area contributed by atoms with Crippen molar-refractivity contribution in [2.24, 2.45) is 5.10 Å². The Morgan fingerprint density at radius 2 is 2.09 bits per heavy atom. The van der Waals surface area contributed by atoms with E-state index in [0.717, 1.165) is 12.1 Å². The Labute approximate surface area is 130 Å². The average molecular weight is 325 g/mol. The molecule has 122 valence electrons. The van der Waals surface area contributed by atoms with Crippen molar-refractivity contribution in [3.63, 3.8) is 0 Å². The predicted molar refractivity (Wildman–Crippen MR) is 79.1 cm³/mol. The van der Waals surface area contributed by atoms with Crippen molar-refractivity contribution in [3.8, 4) is 0 Å². The molecule has 2 rings (SSSR count). The van der Waals surface area contributed by atoms with Gasteiger partial charge in [-0.15, -0.1) is 0 Å². The maximum absolute atomic E-state index is 12.6. The summed E-state index contributed by atoms with van der Waals surface area (Å²) in [6, 6.07) is 8.03. The Kier molecular flexibility index (Phi) is 5.05. The molecule has 23 heavy (non-hydrogen) atoms. The molecule has 0 saturated carbocycles. The zero-order valence-electron chi connectivity index (χ0n) is 12.1. The van der Waals surface area contributed by atoms with Crippen LogP contribution in [0.25, 0.3) is 0 Å². The van der Waals surface area contributed by atoms with Crippen LogP contribution in [0.4, 0.5) is 18.9 Å². The van der Waals surface area contributed by atoms with Crippen LogP contribution in [0.5, 0.6) is 0 Å². The summed E-state index contributed by atoms with van der Waals surface area (Å²) < 4.78 is 42.9. The number of carbonyl (C=O) groups is 1. The van der Waals surface area contributed by atoms with Crippen molar-refractivity contribution in [2.45, 2.75) is 13.1 Å². The van der Waals surface area contributed by atoms with Gasteiger partial charge in [0, 0.05) is 5.69 Å². The highest BCUT2D eigenvalue weighted by atomic mass is 19.4. The summed E-state index contributed by atoms with van der Waals surface area (Å²) >= 11 is 0. The van der Waals surface area contributed by atoms with Crippen LogP contribution >= 0.6 is 0 Å². The van der Waals surface area contributed by atoms with E-state index < -0.39 is 17.6 Å². The Bertz CT molecular complexity index is 708. The van der Waals surface area contributed by atoms with Gasteiger partial charge in [0.15, 0.2) is 0 Å². The molecule has 0 saturated heterocycles. The summed E-state index contributed by atoms with van der Waals surface area (Å²) in [5.74, 6) is 0.694. The van der Waals surface area contributed by atoms with Crippen molar-refractivity contribution in [1.82, 2.24) is 5.43 Å². The Morgan fingerprint density at radius 3 is 2.74 bits per heavy atom. The van der Waals surface area contributed by atoms with Crippen LogP contribution in [0.3, 0.4) is 0 Å². The largest absolute Gasteiger partial charge is 0.460 e. The summed E-state index contributed by atoms with van der Waals surface area (Å²) in [5.41, 5.74) is 1.65. The molecule has 2 N–H and O–H groups in total. The van der Waals surface area contributed by atoms with Crippen LogP contribution in [-0.2, 0) is 11.0 Å². The number of benzene rings is 1. The molecule has 5 nitrogen and oxygen atoms in total. The third-order valence-corrected chi connectivity index (χ3v) is 2.79. The van der Waals surface area contributed by atoms with Crippen molar-refractivity contribution < 1.29 is 22.4 Å². The van der Waals surface area contributed by atoms with Gasteiger partial charge in [-0.05, 0) is 37.3 Å². The van der Waals surface area contributed by atoms with Gasteiger partial charge in [0.2, 0.25) is 0 Å². The van der Waals surface area contributed by atoms with Gasteiger partial charge >= 0.3 is 6.18 Å². The molecule has 0 aliphatic carbocycles. The van der Waals surface area contributed by atoms with Gasteiger partial charge in [-0.2, -0.15) is 18.3 Å². The lowest BCUT2D eigenvalue weighted by atomic mass is 10.2. The number of nitrogens with one attached hydrogen (secondary N) is 2. The zero-order valence-corrected chi connectivity index (χ0v) is 12.1. The number of halogens is 3. The number of anilines is 1. The maximum Gasteiger partial charge on any atom is 0.416 e. The number of hydrogen-bond donors (Lipinski definition) is 2. The van der Waals surface area contributed by atoms with E-state index in [-0.39, 0.29) is 12.2 Å². The summed E-state index contributed by atoms with van der Waals surface area (Å²) in [4.78, 5) is 11.6. The molecule has 0 fully saturated rings. The van der Waals surface area contributed by atoms with Crippen LogP contribution in [0.15, 0.2) is 45.9 Å². The third kappa shape index (κ3) is 5.17. The van der Waals surface area contributed by atoms with Gasteiger partial charge in [0.25, 0.3) is 5.91 Å². The van der Waals surface area contributed by atoms with Gasteiger partial charge in [0.1, 0.15) is 11.5 Å². The van der Waals surface area contributed by atoms with E-state index in [2.05, 4.69) is 15.8 Å². The highest BCUT2D eigenvalue weighted by Gasteiger charge is 2.30. The summed E-state index contributed by atoms with van der Waals surface area (Å²) in [6.07, 6.45) is -3.10. The van der Waals surface area contributed by atoms with Crippen LogP contribution < -0.4 is 10.7 Å².